The monoisotopic (exact) mass is 337 g/mol. The molecule has 0 spiro atoms. The van der Waals surface area contributed by atoms with E-state index in [9.17, 15) is 8.42 Å². The van der Waals surface area contributed by atoms with Gasteiger partial charge in [0.25, 0.3) is 0 Å². The molecule has 1 unspecified atom stereocenters. The lowest BCUT2D eigenvalue weighted by Crippen LogP contribution is -2.42. The van der Waals surface area contributed by atoms with Crippen molar-refractivity contribution in [3.8, 4) is 0 Å². The third-order valence-corrected chi connectivity index (χ3v) is 4.20. The van der Waals surface area contributed by atoms with E-state index in [1.807, 2.05) is 0 Å². The highest BCUT2D eigenvalue weighted by atomic mass is 79.9. The molecule has 1 rings (SSSR count). The summed E-state index contributed by atoms with van der Waals surface area (Å²) in [4.78, 5) is 3.99. The third kappa shape index (κ3) is 3.98. The molecule has 1 heterocycles. The van der Waals surface area contributed by atoms with Gasteiger partial charge in [0.15, 0.2) is 0 Å². The highest BCUT2D eigenvalue weighted by Crippen LogP contribution is 2.14. The summed E-state index contributed by atoms with van der Waals surface area (Å²) in [5.74, 6) is 0. The number of aromatic nitrogens is 1. The minimum Gasteiger partial charge on any atom is -0.392 e. The molecule has 0 amide bonds. The molecule has 1 aromatic heterocycles. The Labute approximate surface area is 114 Å². The molecule has 0 saturated carbocycles. The molecule has 94 valence electrons. The summed E-state index contributed by atoms with van der Waals surface area (Å²) < 4.78 is 27.0. The molecule has 1 atom stereocenters. The Bertz CT molecular complexity index is 519. The fraction of sp³-hybridized carbons (Fsp3) is 0.333. The van der Waals surface area contributed by atoms with Crippen LogP contribution in [-0.2, 0) is 10.0 Å². The summed E-state index contributed by atoms with van der Waals surface area (Å²) in [5, 5.41) is 0. The number of halogens is 1. The van der Waals surface area contributed by atoms with Gasteiger partial charge in [-0.05, 0) is 28.4 Å². The van der Waals surface area contributed by atoms with Crippen molar-refractivity contribution < 1.29 is 8.42 Å². The van der Waals surface area contributed by atoms with E-state index in [4.69, 9.17) is 18.0 Å². The van der Waals surface area contributed by atoms with Gasteiger partial charge >= 0.3 is 0 Å². The van der Waals surface area contributed by atoms with Gasteiger partial charge in [-0.3, -0.25) is 4.98 Å². The Balaban J connectivity index is 3.00. The van der Waals surface area contributed by atoms with Crippen molar-refractivity contribution in [3.63, 3.8) is 0 Å². The number of pyridine rings is 1. The lowest BCUT2D eigenvalue weighted by Gasteiger charge is -2.15. The molecule has 0 bridgehead atoms. The fourth-order valence-corrected chi connectivity index (χ4v) is 3.24. The van der Waals surface area contributed by atoms with Crippen LogP contribution in [-0.4, -0.2) is 24.4 Å². The van der Waals surface area contributed by atoms with Crippen LogP contribution in [0.3, 0.4) is 0 Å². The molecule has 8 heteroatoms. The van der Waals surface area contributed by atoms with Crippen LogP contribution in [0.5, 0.6) is 0 Å². The van der Waals surface area contributed by atoms with Gasteiger partial charge in [-0.25, -0.2) is 13.1 Å². The Kier molecular flexibility index (Phi) is 4.99. The van der Waals surface area contributed by atoms with Crippen LogP contribution >= 0.6 is 28.1 Å². The van der Waals surface area contributed by atoms with E-state index in [1.165, 1.54) is 18.5 Å². The van der Waals surface area contributed by atoms with Crippen molar-refractivity contribution in [1.82, 2.24) is 9.71 Å². The van der Waals surface area contributed by atoms with Crippen molar-refractivity contribution in [3.05, 3.63) is 22.9 Å². The molecule has 0 aliphatic carbocycles. The van der Waals surface area contributed by atoms with Crippen LogP contribution in [0, 0.1) is 0 Å². The SMILES string of the molecule is CCC(NS(=O)(=O)c1cncc(Br)c1)C(N)=S. The van der Waals surface area contributed by atoms with Crippen molar-refractivity contribution in [1.29, 1.82) is 0 Å². The van der Waals surface area contributed by atoms with E-state index in [-0.39, 0.29) is 9.88 Å². The lowest BCUT2D eigenvalue weighted by atomic mass is 10.2. The van der Waals surface area contributed by atoms with Gasteiger partial charge in [0, 0.05) is 16.9 Å². The summed E-state index contributed by atoms with van der Waals surface area (Å²) in [6, 6.07) is 0.913. The highest BCUT2D eigenvalue weighted by molar-refractivity contribution is 9.10. The average Bonchev–Trinajstić information content (AvgIpc) is 2.25. The van der Waals surface area contributed by atoms with Gasteiger partial charge in [-0.1, -0.05) is 19.1 Å². The van der Waals surface area contributed by atoms with Crippen molar-refractivity contribution >= 4 is 43.2 Å². The van der Waals surface area contributed by atoms with Crippen LogP contribution in [0.15, 0.2) is 27.8 Å². The second-order valence-corrected chi connectivity index (χ2v) is 6.42. The average molecular weight is 338 g/mol. The molecular weight excluding hydrogens is 326 g/mol. The van der Waals surface area contributed by atoms with Gasteiger partial charge in [-0.15, -0.1) is 0 Å². The summed E-state index contributed by atoms with van der Waals surface area (Å²) in [5.41, 5.74) is 5.44. The molecule has 0 aliphatic heterocycles. The second kappa shape index (κ2) is 5.85. The van der Waals surface area contributed by atoms with E-state index in [2.05, 4.69) is 25.6 Å². The Hall–Kier alpha value is -0.570. The summed E-state index contributed by atoms with van der Waals surface area (Å²) in [6.45, 7) is 1.80. The lowest BCUT2D eigenvalue weighted by molar-refractivity contribution is 0.572. The number of sulfonamides is 1. The molecule has 5 nitrogen and oxygen atoms in total. The van der Waals surface area contributed by atoms with Gasteiger partial charge in [0.1, 0.15) is 4.90 Å². The number of nitrogens with two attached hydrogens (primary N) is 1. The molecular formula is C9H12BrN3O2S2. The highest BCUT2D eigenvalue weighted by Gasteiger charge is 2.21. The minimum atomic E-state index is -3.65. The maximum absolute atomic E-state index is 12.0. The standard InChI is InChI=1S/C9H12BrN3O2S2/c1-2-8(9(11)16)13-17(14,15)7-3-6(10)4-12-5-7/h3-5,8,13H,2H2,1H3,(H2,11,16). The number of hydrogen-bond donors (Lipinski definition) is 2. The van der Waals surface area contributed by atoms with Gasteiger partial charge in [-0.2, -0.15) is 0 Å². The first-order chi connectivity index (χ1) is 7.86. The Morgan fingerprint density at radius 2 is 2.29 bits per heavy atom. The van der Waals surface area contributed by atoms with E-state index < -0.39 is 16.1 Å². The van der Waals surface area contributed by atoms with Crippen LogP contribution in [0.4, 0.5) is 0 Å². The van der Waals surface area contributed by atoms with E-state index >= 15 is 0 Å². The second-order valence-electron chi connectivity index (χ2n) is 3.32. The van der Waals surface area contributed by atoms with Crippen molar-refractivity contribution in [2.45, 2.75) is 24.3 Å². The maximum atomic E-state index is 12.0. The zero-order valence-electron chi connectivity index (χ0n) is 9.05. The van der Waals surface area contributed by atoms with E-state index in [1.54, 1.807) is 6.92 Å². The predicted molar refractivity (Wildman–Crippen MR) is 73.1 cm³/mol. The normalized spacial score (nSPS) is 13.3. The first-order valence-corrected chi connectivity index (χ1v) is 7.47. The van der Waals surface area contributed by atoms with Gasteiger partial charge < -0.3 is 5.73 Å². The number of hydrogen-bond acceptors (Lipinski definition) is 4. The number of nitrogens with one attached hydrogen (secondary N) is 1. The third-order valence-electron chi connectivity index (χ3n) is 2.04. The zero-order valence-corrected chi connectivity index (χ0v) is 12.3. The van der Waals surface area contributed by atoms with Crippen LogP contribution in [0.2, 0.25) is 0 Å². The first-order valence-electron chi connectivity index (χ1n) is 4.79. The summed E-state index contributed by atoms with van der Waals surface area (Å²) in [7, 11) is -3.65. The van der Waals surface area contributed by atoms with E-state index in [0.717, 1.165) is 0 Å². The Morgan fingerprint density at radius 1 is 1.65 bits per heavy atom. The molecule has 3 N–H and O–H groups in total. The number of nitrogens with zero attached hydrogens (tertiary/aromatic N) is 1. The minimum absolute atomic E-state index is 0.0709. The molecule has 1 aromatic rings. The van der Waals surface area contributed by atoms with E-state index in [0.29, 0.717) is 10.9 Å². The number of thiocarbonyl (C=S) groups is 1. The van der Waals surface area contributed by atoms with Gasteiger partial charge in [0.2, 0.25) is 10.0 Å². The molecule has 0 aliphatic rings. The smallest absolute Gasteiger partial charge is 0.242 e. The van der Waals surface area contributed by atoms with Crippen LogP contribution < -0.4 is 10.5 Å². The van der Waals surface area contributed by atoms with Crippen molar-refractivity contribution in [2.75, 3.05) is 0 Å². The maximum Gasteiger partial charge on any atom is 0.242 e. The molecule has 0 fully saturated rings. The van der Waals surface area contributed by atoms with Crippen LogP contribution in [0.1, 0.15) is 13.3 Å². The number of rotatable bonds is 5. The molecule has 0 saturated heterocycles. The van der Waals surface area contributed by atoms with Crippen LogP contribution in [0.25, 0.3) is 0 Å². The fourth-order valence-electron chi connectivity index (χ4n) is 1.14. The van der Waals surface area contributed by atoms with Gasteiger partial charge in [0.05, 0.1) is 11.0 Å². The Morgan fingerprint density at radius 3 is 2.76 bits per heavy atom. The largest absolute Gasteiger partial charge is 0.392 e. The summed E-state index contributed by atoms with van der Waals surface area (Å²) in [6.07, 6.45) is 3.26. The first kappa shape index (κ1) is 14.5. The molecule has 0 radical (unpaired) electrons. The molecule has 17 heavy (non-hydrogen) atoms. The zero-order chi connectivity index (χ0) is 13.1. The predicted octanol–water partition coefficient (Wildman–Crippen LogP) is 1.19. The topological polar surface area (TPSA) is 85.1 Å². The van der Waals surface area contributed by atoms with Crippen molar-refractivity contribution in [2.24, 2.45) is 5.73 Å². The summed E-state index contributed by atoms with van der Waals surface area (Å²) >= 11 is 7.95. The quantitative estimate of drug-likeness (QED) is 0.788. The molecule has 0 aromatic carbocycles.